The maximum atomic E-state index is 12.1. The molecule has 1 amide bonds. The summed E-state index contributed by atoms with van der Waals surface area (Å²) < 4.78 is 0. The Morgan fingerprint density at radius 1 is 1.26 bits per heavy atom. The molecule has 0 aliphatic heterocycles. The van der Waals surface area contributed by atoms with Gasteiger partial charge in [-0.3, -0.25) is 14.9 Å². The number of amides is 1. The molecule has 0 atom stereocenters. The second kappa shape index (κ2) is 7.55. The molecule has 23 heavy (non-hydrogen) atoms. The SMILES string of the molecule is CSc1ccc(C=NNC(=O)c2cccc([N+](=O)[O-])c2C)cc1. The van der Waals surface area contributed by atoms with E-state index in [1.165, 1.54) is 31.3 Å². The Morgan fingerprint density at radius 3 is 2.57 bits per heavy atom. The van der Waals surface area contributed by atoms with E-state index in [2.05, 4.69) is 10.5 Å². The second-order valence-corrected chi connectivity index (χ2v) is 5.56. The number of hydrogen-bond donors (Lipinski definition) is 1. The van der Waals surface area contributed by atoms with Gasteiger partial charge in [-0.1, -0.05) is 18.2 Å². The van der Waals surface area contributed by atoms with Crippen molar-refractivity contribution in [2.24, 2.45) is 5.10 Å². The molecular weight excluding hydrogens is 314 g/mol. The van der Waals surface area contributed by atoms with Gasteiger partial charge in [0.1, 0.15) is 0 Å². The maximum absolute atomic E-state index is 12.1. The molecule has 0 aromatic heterocycles. The van der Waals surface area contributed by atoms with E-state index in [0.29, 0.717) is 5.56 Å². The highest BCUT2D eigenvalue weighted by atomic mass is 32.2. The fourth-order valence-electron chi connectivity index (χ4n) is 1.98. The monoisotopic (exact) mass is 329 g/mol. The van der Waals surface area contributed by atoms with E-state index in [1.54, 1.807) is 11.8 Å². The smallest absolute Gasteiger partial charge is 0.267 e. The second-order valence-electron chi connectivity index (χ2n) is 4.68. The van der Waals surface area contributed by atoms with Gasteiger partial charge >= 0.3 is 0 Å². The van der Waals surface area contributed by atoms with Crippen molar-refractivity contribution in [2.45, 2.75) is 11.8 Å². The maximum Gasteiger partial charge on any atom is 0.273 e. The van der Waals surface area contributed by atoms with Crippen molar-refractivity contribution in [3.8, 4) is 0 Å². The molecule has 0 saturated heterocycles. The highest BCUT2D eigenvalue weighted by molar-refractivity contribution is 7.98. The molecule has 0 saturated carbocycles. The van der Waals surface area contributed by atoms with Crippen LogP contribution in [0.4, 0.5) is 5.69 Å². The lowest BCUT2D eigenvalue weighted by Gasteiger charge is -2.04. The number of hydrazone groups is 1. The number of thioether (sulfide) groups is 1. The minimum Gasteiger partial charge on any atom is -0.267 e. The zero-order valence-corrected chi connectivity index (χ0v) is 13.5. The third-order valence-corrected chi connectivity index (χ3v) is 3.99. The van der Waals surface area contributed by atoms with Crippen LogP contribution < -0.4 is 5.43 Å². The molecule has 0 aliphatic rings. The van der Waals surface area contributed by atoms with Gasteiger partial charge < -0.3 is 0 Å². The summed E-state index contributed by atoms with van der Waals surface area (Å²) in [6.45, 7) is 1.54. The fourth-order valence-corrected chi connectivity index (χ4v) is 2.39. The van der Waals surface area contributed by atoms with Crippen molar-refractivity contribution in [2.75, 3.05) is 6.26 Å². The van der Waals surface area contributed by atoms with Crippen LogP contribution in [0.15, 0.2) is 52.5 Å². The summed E-state index contributed by atoms with van der Waals surface area (Å²) in [5.41, 5.74) is 3.69. The minimum absolute atomic E-state index is 0.0886. The average Bonchev–Trinajstić information content (AvgIpc) is 2.55. The minimum atomic E-state index is -0.511. The van der Waals surface area contributed by atoms with Gasteiger partial charge in [0.05, 0.1) is 16.7 Å². The molecule has 0 spiro atoms. The first kappa shape index (κ1) is 16.7. The van der Waals surface area contributed by atoms with Gasteiger partial charge in [0.2, 0.25) is 0 Å². The van der Waals surface area contributed by atoms with Crippen molar-refractivity contribution in [1.29, 1.82) is 0 Å². The molecule has 0 unspecified atom stereocenters. The standard InChI is InChI=1S/C16H15N3O3S/c1-11-14(4-3-5-15(11)19(21)22)16(20)18-17-10-12-6-8-13(23-2)9-7-12/h3-10H,1-2H3,(H,18,20). The van der Waals surface area contributed by atoms with Crippen LogP contribution >= 0.6 is 11.8 Å². The van der Waals surface area contributed by atoms with Crippen molar-refractivity contribution >= 4 is 29.6 Å². The van der Waals surface area contributed by atoms with E-state index in [-0.39, 0.29) is 11.3 Å². The Bertz CT molecular complexity index is 758. The van der Waals surface area contributed by atoms with Gasteiger partial charge in [-0.25, -0.2) is 5.43 Å². The van der Waals surface area contributed by atoms with Crippen LogP contribution in [0.2, 0.25) is 0 Å². The largest absolute Gasteiger partial charge is 0.273 e. The van der Waals surface area contributed by atoms with Gasteiger partial charge in [0.15, 0.2) is 0 Å². The van der Waals surface area contributed by atoms with E-state index in [9.17, 15) is 14.9 Å². The first-order valence-electron chi connectivity index (χ1n) is 6.74. The molecule has 6 nitrogen and oxygen atoms in total. The summed E-state index contributed by atoms with van der Waals surface area (Å²) in [6, 6.07) is 12.1. The first-order valence-corrected chi connectivity index (χ1v) is 7.97. The number of nitrogens with one attached hydrogen (secondary N) is 1. The zero-order valence-electron chi connectivity index (χ0n) is 12.6. The number of rotatable bonds is 5. The third kappa shape index (κ3) is 4.17. The molecule has 2 aromatic carbocycles. The van der Waals surface area contributed by atoms with E-state index < -0.39 is 10.8 Å². The fraction of sp³-hybridized carbons (Fsp3) is 0.125. The van der Waals surface area contributed by atoms with E-state index in [1.807, 2.05) is 30.5 Å². The number of carbonyl (C=O) groups excluding carboxylic acids is 1. The first-order chi connectivity index (χ1) is 11.0. The molecule has 0 bridgehead atoms. The highest BCUT2D eigenvalue weighted by Crippen LogP contribution is 2.20. The Labute approximate surface area is 137 Å². The quantitative estimate of drug-likeness (QED) is 0.394. The number of nitro benzene ring substituents is 1. The lowest BCUT2D eigenvalue weighted by atomic mass is 10.1. The number of hydrogen-bond acceptors (Lipinski definition) is 5. The zero-order chi connectivity index (χ0) is 16.8. The Kier molecular flexibility index (Phi) is 5.48. The topological polar surface area (TPSA) is 84.6 Å². The Hall–Kier alpha value is -2.67. The van der Waals surface area contributed by atoms with Crippen LogP contribution in [-0.4, -0.2) is 23.3 Å². The molecule has 7 heteroatoms. The van der Waals surface area contributed by atoms with E-state index in [0.717, 1.165) is 10.5 Å². The predicted octanol–water partition coefficient (Wildman–Crippen LogP) is 3.39. The van der Waals surface area contributed by atoms with Gasteiger partial charge in [-0.05, 0) is 36.9 Å². The molecule has 0 heterocycles. The van der Waals surface area contributed by atoms with Gasteiger partial charge in [0, 0.05) is 16.5 Å². The summed E-state index contributed by atoms with van der Waals surface area (Å²) in [6.07, 6.45) is 3.51. The van der Waals surface area contributed by atoms with Crippen molar-refractivity contribution < 1.29 is 9.72 Å². The predicted molar refractivity (Wildman–Crippen MR) is 91.1 cm³/mol. The van der Waals surface area contributed by atoms with Crippen LogP contribution in [0.25, 0.3) is 0 Å². The summed E-state index contributed by atoms with van der Waals surface area (Å²) in [5, 5.41) is 14.8. The van der Waals surface area contributed by atoms with E-state index >= 15 is 0 Å². The Morgan fingerprint density at radius 2 is 1.96 bits per heavy atom. The number of carbonyl (C=O) groups is 1. The molecule has 0 aliphatic carbocycles. The molecular formula is C16H15N3O3S. The molecule has 0 fully saturated rings. The van der Waals surface area contributed by atoms with Crippen LogP contribution in [0, 0.1) is 17.0 Å². The van der Waals surface area contributed by atoms with Gasteiger partial charge in [-0.2, -0.15) is 5.10 Å². The van der Waals surface area contributed by atoms with E-state index in [4.69, 9.17) is 0 Å². The summed E-state index contributed by atoms with van der Waals surface area (Å²) >= 11 is 1.64. The van der Waals surface area contributed by atoms with Crippen LogP contribution in [0.5, 0.6) is 0 Å². The van der Waals surface area contributed by atoms with Crippen LogP contribution in [0.3, 0.4) is 0 Å². The lowest BCUT2D eigenvalue weighted by molar-refractivity contribution is -0.385. The number of nitro groups is 1. The number of nitrogens with zero attached hydrogens (tertiary/aromatic N) is 2. The normalized spacial score (nSPS) is 10.7. The van der Waals surface area contributed by atoms with Crippen molar-refractivity contribution in [3.05, 3.63) is 69.3 Å². The van der Waals surface area contributed by atoms with Gasteiger partial charge in [-0.15, -0.1) is 11.8 Å². The summed E-state index contributed by atoms with van der Waals surface area (Å²) in [4.78, 5) is 23.6. The average molecular weight is 329 g/mol. The van der Waals surface area contributed by atoms with Crippen LogP contribution in [-0.2, 0) is 0 Å². The third-order valence-electron chi connectivity index (χ3n) is 3.24. The summed E-state index contributed by atoms with van der Waals surface area (Å²) in [5.74, 6) is -0.483. The molecule has 2 rings (SSSR count). The van der Waals surface area contributed by atoms with Crippen LogP contribution in [0.1, 0.15) is 21.5 Å². The van der Waals surface area contributed by atoms with Crippen molar-refractivity contribution in [1.82, 2.24) is 5.43 Å². The highest BCUT2D eigenvalue weighted by Gasteiger charge is 2.17. The summed E-state index contributed by atoms with van der Waals surface area (Å²) in [7, 11) is 0. The Balaban J connectivity index is 2.08. The molecule has 118 valence electrons. The molecule has 2 aromatic rings. The molecule has 1 N–H and O–H groups in total. The van der Waals surface area contributed by atoms with Gasteiger partial charge in [0.25, 0.3) is 11.6 Å². The number of benzene rings is 2. The molecule has 0 radical (unpaired) electrons. The van der Waals surface area contributed by atoms with Crippen molar-refractivity contribution in [3.63, 3.8) is 0 Å². The lowest BCUT2D eigenvalue weighted by Crippen LogP contribution is -2.19.